The largest absolute Gasteiger partial charge is 0.293 e. The molecule has 1 aromatic rings. The van der Waals surface area contributed by atoms with Gasteiger partial charge >= 0.3 is 0 Å². The number of alkyl halides is 1. The molecule has 0 aliphatic carbocycles. The molecule has 1 atom stereocenters. The van der Waals surface area contributed by atoms with E-state index in [9.17, 15) is 0 Å². The van der Waals surface area contributed by atoms with Crippen molar-refractivity contribution >= 4 is 15.9 Å². The Morgan fingerprint density at radius 2 is 1.77 bits per heavy atom. The molecular formula is C11H16BrN. The van der Waals surface area contributed by atoms with Crippen LogP contribution in [0.5, 0.6) is 0 Å². The molecule has 72 valence electrons. The average molecular weight is 242 g/mol. The summed E-state index contributed by atoms with van der Waals surface area (Å²) >= 11 is 3.62. The zero-order chi connectivity index (χ0) is 9.84. The van der Waals surface area contributed by atoms with E-state index >= 15 is 0 Å². The maximum absolute atomic E-state index is 3.62. The molecule has 0 N–H and O–H groups in total. The van der Waals surface area contributed by atoms with E-state index in [0.717, 1.165) is 6.42 Å². The van der Waals surface area contributed by atoms with Crippen LogP contribution in [0, 0.1) is 0 Å². The van der Waals surface area contributed by atoms with E-state index in [-0.39, 0.29) is 0 Å². The van der Waals surface area contributed by atoms with Gasteiger partial charge in [0.05, 0.1) is 4.95 Å². The van der Waals surface area contributed by atoms with Crippen molar-refractivity contribution < 1.29 is 0 Å². The molecule has 13 heavy (non-hydrogen) atoms. The fourth-order valence-electron chi connectivity index (χ4n) is 1.21. The monoisotopic (exact) mass is 241 g/mol. The van der Waals surface area contributed by atoms with E-state index in [1.54, 1.807) is 0 Å². The van der Waals surface area contributed by atoms with E-state index in [4.69, 9.17) is 0 Å². The highest BCUT2D eigenvalue weighted by Crippen LogP contribution is 2.24. The summed E-state index contributed by atoms with van der Waals surface area (Å²) in [4.78, 5) is 2.46. The molecule has 0 aromatic heterocycles. The quantitative estimate of drug-likeness (QED) is 0.581. The molecule has 1 nitrogen and oxygen atoms in total. The third-order valence-electron chi connectivity index (χ3n) is 2.12. The van der Waals surface area contributed by atoms with Crippen LogP contribution in [0.4, 0.5) is 0 Å². The summed E-state index contributed by atoms with van der Waals surface area (Å²) in [6.45, 7) is 2.17. The van der Waals surface area contributed by atoms with Crippen molar-refractivity contribution in [1.82, 2.24) is 4.90 Å². The van der Waals surface area contributed by atoms with Crippen LogP contribution in [0.1, 0.15) is 23.0 Å². The second kappa shape index (κ2) is 4.77. The van der Waals surface area contributed by atoms with Crippen LogP contribution >= 0.6 is 15.9 Å². The number of benzene rings is 1. The summed E-state index contributed by atoms with van der Waals surface area (Å²) in [7, 11) is 4.13. The summed E-state index contributed by atoms with van der Waals surface area (Å²) in [6, 6.07) is 8.73. The van der Waals surface area contributed by atoms with E-state index in [1.165, 1.54) is 11.1 Å². The predicted octanol–water partition coefficient (Wildman–Crippen LogP) is 3.20. The molecule has 1 rings (SSSR count). The standard InChI is InChI=1S/C11H16BrN/c1-4-9-5-7-10(8-6-9)11(12)13(2)3/h5-8,11H,4H2,1-3H3. The fourth-order valence-corrected chi connectivity index (χ4v) is 1.52. The lowest BCUT2D eigenvalue weighted by molar-refractivity contribution is 0.398. The van der Waals surface area contributed by atoms with Gasteiger partial charge in [0, 0.05) is 0 Å². The lowest BCUT2D eigenvalue weighted by Crippen LogP contribution is -2.14. The summed E-state index contributed by atoms with van der Waals surface area (Å²) in [5.74, 6) is 0. The van der Waals surface area contributed by atoms with Crippen molar-refractivity contribution in [3.63, 3.8) is 0 Å². The Morgan fingerprint density at radius 3 is 2.15 bits per heavy atom. The summed E-state index contributed by atoms with van der Waals surface area (Å²) in [5.41, 5.74) is 2.70. The molecule has 0 heterocycles. The lowest BCUT2D eigenvalue weighted by Gasteiger charge is -2.18. The van der Waals surface area contributed by atoms with Crippen molar-refractivity contribution in [2.45, 2.75) is 18.3 Å². The summed E-state index contributed by atoms with van der Waals surface area (Å²) in [5, 5.41) is 0. The molecule has 0 aliphatic rings. The van der Waals surface area contributed by atoms with Gasteiger partial charge < -0.3 is 0 Å². The fraction of sp³-hybridized carbons (Fsp3) is 0.455. The second-order valence-corrected chi connectivity index (χ2v) is 4.26. The molecule has 0 spiro atoms. The van der Waals surface area contributed by atoms with Gasteiger partial charge in [-0.05, 0) is 31.6 Å². The van der Waals surface area contributed by atoms with Crippen LogP contribution < -0.4 is 0 Å². The molecule has 1 unspecified atom stereocenters. The molecule has 0 radical (unpaired) electrons. The smallest absolute Gasteiger partial charge is 0.0906 e. The van der Waals surface area contributed by atoms with Crippen LogP contribution in [-0.4, -0.2) is 19.0 Å². The highest BCUT2D eigenvalue weighted by molar-refractivity contribution is 9.09. The van der Waals surface area contributed by atoms with Gasteiger partial charge in [0.2, 0.25) is 0 Å². The minimum atomic E-state index is 0.318. The molecular weight excluding hydrogens is 226 g/mol. The molecule has 0 amide bonds. The Bertz CT molecular complexity index is 253. The molecule has 0 bridgehead atoms. The van der Waals surface area contributed by atoms with Gasteiger partial charge in [0.25, 0.3) is 0 Å². The molecule has 0 saturated heterocycles. The van der Waals surface area contributed by atoms with Gasteiger partial charge in [-0.2, -0.15) is 0 Å². The zero-order valence-corrected chi connectivity index (χ0v) is 10.0. The third-order valence-corrected chi connectivity index (χ3v) is 3.46. The zero-order valence-electron chi connectivity index (χ0n) is 8.42. The number of hydrogen-bond donors (Lipinski definition) is 0. The minimum absolute atomic E-state index is 0.318. The number of halogens is 1. The van der Waals surface area contributed by atoms with Crippen molar-refractivity contribution in [3.8, 4) is 0 Å². The lowest BCUT2D eigenvalue weighted by atomic mass is 10.1. The third kappa shape index (κ3) is 2.82. The highest BCUT2D eigenvalue weighted by Gasteiger charge is 2.08. The Hall–Kier alpha value is -0.340. The van der Waals surface area contributed by atoms with Gasteiger partial charge in [-0.3, -0.25) is 4.90 Å². The van der Waals surface area contributed by atoms with Crippen molar-refractivity contribution in [2.24, 2.45) is 0 Å². The normalized spacial score (nSPS) is 13.3. The molecule has 0 aliphatic heterocycles. The molecule has 1 aromatic carbocycles. The first kappa shape index (κ1) is 10.7. The van der Waals surface area contributed by atoms with Crippen LogP contribution in [0.2, 0.25) is 0 Å². The first-order chi connectivity index (χ1) is 6.15. The van der Waals surface area contributed by atoms with Crippen LogP contribution in [0.3, 0.4) is 0 Å². The second-order valence-electron chi connectivity index (χ2n) is 3.39. The summed E-state index contributed by atoms with van der Waals surface area (Å²) in [6.07, 6.45) is 1.11. The topological polar surface area (TPSA) is 3.24 Å². The van der Waals surface area contributed by atoms with Crippen molar-refractivity contribution in [2.75, 3.05) is 14.1 Å². The SMILES string of the molecule is CCc1ccc(C(Br)N(C)C)cc1. The van der Waals surface area contributed by atoms with E-state index in [1.807, 2.05) is 0 Å². The molecule has 0 fully saturated rings. The minimum Gasteiger partial charge on any atom is -0.293 e. The van der Waals surface area contributed by atoms with Gasteiger partial charge in [-0.25, -0.2) is 0 Å². The highest BCUT2D eigenvalue weighted by atomic mass is 79.9. The number of aryl methyl sites for hydroxylation is 1. The Kier molecular flexibility index (Phi) is 3.94. The Balaban J connectivity index is 2.79. The number of rotatable bonds is 3. The van der Waals surface area contributed by atoms with Gasteiger partial charge in [-0.15, -0.1) is 0 Å². The Labute approximate surface area is 88.9 Å². The first-order valence-corrected chi connectivity index (χ1v) is 5.46. The maximum Gasteiger partial charge on any atom is 0.0906 e. The predicted molar refractivity (Wildman–Crippen MR) is 61.2 cm³/mol. The van der Waals surface area contributed by atoms with Crippen molar-refractivity contribution in [1.29, 1.82) is 0 Å². The average Bonchev–Trinajstić information content (AvgIpc) is 2.17. The summed E-state index contributed by atoms with van der Waals surface area (Å²) < 4.78 is 0. The van der Waals surface area contributed by atoms with Crippen LogP contribution in [-0.2, 0) is 6.42 Å². The maximum atomic E-state index is 3.62. The van der Waals surface area contributed by atoms with E-state index in [2.05, 4.69) is 66.1 Å². The number of nitrogens with zero attached hydrogens (tertiary/aromatic N) is 1. The molecule has 2 heteroatoms. The Morgan fingerprint density at radius 1 is 1.23 bits per heavy atom. The van der Waals surface area contributed by atoms with Gasteiger partial charge in [0.1, 0.15) is 0 Å². The van der Waals surface area contributed by atoms with Crippen LogP contribution in [0.15, 0.2) is 24.3 Å². The molecule has 0 saturated carbocycles. The van der Waals surface area contributed by atoms with Crippen molar-refractivity contribution in [3.05, 3.63) is 35.4 Å². The van der Waals surface area contributed by atoms with Crippen LogP contribution in [0.25, 0.3) is 0 Å². The van der Waals surface area contributed by atoms with E-state index < -0.39 is 0 Å². The van der Waals surface area contributed by atoms with Gasteiger partial charge in [0.15, 0.2) is 0 Å². The first-order valence-electron chi connectivity index (χ1n) is 4.54. The van der Waals surface area contributed by atoms with Gasteiger partial charge in [-0.1, -0.05) is 47.1 Å². The van der Waals surface area contributed by atoms with E-state index in [0.29, 0.717) is 4.95 Å². The number of hydrogen-bond acceptors (Lipinski definition) is 1.